The third-order valence-electron chi connectivity index (χ3n) is 24.6. The van der Waals surface area contributed by atoms with Crippen LogP contribution in [-0.4, -0.2) is 57.3 Å². The van der Waals surface area contributed by atoms with Gasteiger partial charge in [0.05, 0.1) is 188 Å². The van der Waals surface area contributed by atoms with Gasteiger partial charge in [-0.25, -0.2) is 29.9 Å². The van der Waals surface area contributed by atoms with Crippen LogP contribution in [0.1, 0.15) is 104 Å². The second-order valence-corrected chi connectivity index (χ2v) is 32.8. The molecule has 0 bridgehead atoms. The van der Waals surface area contributed by atoms with Gasteiger partial charge in [0, 0.05) is 115 Å². The summed E-state index contributed by atoms with van der Waals surface area (Å²) in [5.41, 5.74) is -9.25. The number of aromatic nitrogens is 12. The van der Waals surface area contributed by atoms with Crippen LogP contribution in [0.15, 0.2) is 478 Å². The molecule has 0 amide bonds. The van der Waals surface area contributed by atoms with Gasteiger partial charge in [0.25, 0.3) is 0 Å². The molecule has 0 fully saturated rings. The first kappa shape index (κ1) is 41.6. The van der Waals surface area contributed by atoms with Crippen LogP contribution < -0.4 is 0 Å². The molecule has 30 aromatic rings. The molecule has 12 heteroatoms. The molecule has 0 spiro atoms. The highest BCUT2D eigenvalue weighted by Gasteiger charge is 2.29. The fourth-order valence-corrected chi connectivity index (χ4v) is 18.3. The van der Waals surface area contributed by atoms with Crippen LogP contribution in [0.5, 0.6) is 0 Å². The largest absolute Gasteiger partial charge is 0.309 e. The molecule has 0 aliphatic carbocycles. The molecule has 0 radical (unpaired) electrons. The molecule has 9 heterocycles. The van der Waals surface area contributed by atoms with Gasteiger partial charge < -0.3 is 13.7 Å². The summed E-state index contributed by atoms with van der Waals surface area (Å²) in [5, 5.41) is -2.81. The SMILES string of the molecule is [2H]c1c([2H])c(-n2c3c([2H])c([2H])c([2H])c([2H])c3c3c4c5c([2H])c([2H])c([2H])c([2H])c5n(-c5nc(-c6ccc7ccccc7c6)c6cc(-c7ccccc7)ccc6n5)c4c([2H])c([2H])c32)c([2H])c([2H])c1C.[2H]c1c([2H])c([2H])c(-n2c3c([2H])c([2H])c([2H])c([2H])c3c3c4c5c([2H])c([2H])c([2H])c([2H])c5n(-c5nc(-c6c([2H])c([2H])c(-c7c([2H])c([2H])c(C)c([2H])c7[2H])c([2H])c6[2H])c6c([2H])c([2H])c([2H])c([2H])c6n5)c4c([2H])c([2H])c32)c([2H])c1[2H].[2H]c1c([2H])c([2H])c(-n2c3c([2H])c([2H])c([2H])c([2H])c3c3c4c5c([2H])c([2H])c([2H])c([2H])c5n(-c5nc(-c6c([2H])c([2H])c(C)c([2H])c6[2H])c6c([2H])c([2H])c([2H])c([2H])c6n5)c4c([2H])c([2H])c32)c([2H])c1[2H]. The normalized spacial score (nSPS) is 18.0. The molecule has 680 valence electrons. The Hall–Kier alpha value is -19.3. The summed E-state index contributed by atoms with van der Waals surface area (Å²) in [6, 6.07) is -20.3. The summed E-state index contributed by atoms with van der Waals surface area (Å²) in [6.45, 7) is 4.05. The van der Waals surface area contributed by atoms with Crippen LogP contribution in [-0.2, 0) is 0 Å². The van der Waals surface area contributed by atoms with E-state index in [2.05, 4.69) is 19.9 Å². The Morgan fingerprint density at radius 2 is 0.462 bits per heavy atom. The second-order valence-electron chi connectivity index (χ2n) is 32.8. The third kappa shape index (κ3) is 13.8. The van der Waals surface area contributed by atoms with Gasteiger partial charge in [-0.2, -0.15) is 0 Å². The molecule has 30 rings (SSSR count). The molecule has 0 aliphatic heterocycles. The standard InChI is InChI=1S/C49H32N4.C45H30N4.C39H26N4/c1-31-19-24-37(25-20-31)52-42-17-9-7-15-38(42)46-44(52)27-28-45-47(46)39-16-8-10-18-43(39)53(45)49-50-41-26-23-35(32-11-3-2-4-12-32)30-40(41)48(51-49)36-22-21-33-13-5-6-14-34(33)29-36;1-29-19-21-30(22-20-29)31-23-25-32(26-24-31)44-34-13-5-8-16-37(34)46-45(47-44)49-39-18-10-7-15-36(39)43-41(49)28-27-40-42(43)35-14-6-9-17-38(35)48(40)33-11-3-2-4-12-33;1-25-19-21-26(22-20-25)38-28-13-5-8-16-31(28)40-39(41-38)43-33-18-10-7-15-30(33)37-35(43)24-23-34-36(37)29-14-6-9-17-32(29)42(34)27-11-3-2-4-12-27/h2-30H,1H3;2-28H,1H3;2-24H,1H3/i7D,8D,9D,10D,15D,16D,17D,18D,19D,20D,24D,25D,27D,28D;2D,3D,4D,5D,6D,7D,8D,9D,10D,11D,12D,13D,14D,15D,16D,17D,18D,19D,20D,21D,22D,23D,24D,25D,26D,27D,28D;2D,3D,4D,5D,6D,7D,8D,9D,10D,11D,12D,13D,14D,15D,16D,17D,18D,19D,20D,21D,22D,23D,24D. The number of hydrogen-bond acceptors (Lipinski definition) is 6. The van der Waals surface area contributed by atoms with Crippen molar-refractivity contribution in [1.82, 2.24) is 57.3 Å². The smallest absolute Gasteiger partial charge is 0.235 e. The van der Waals surface area contributed by atoms with Gasteiger partial charge >= 0.3 is 0 Å². The Balaban J connectivity index is 0.000000138. The summed E-state index contributed by atoms with van der Waals surface area (Å²) in [7, 11) is 0. The maximum Gasteiger partial charge on any atom is 0.235 e. The van der Waals surface area contributed by atoms with E-state index in [0.717, 1.165) is 44.7 Å². The van der Waals surface area contributed by atoms with Crippen LogP contribution in [0.3, 0.4) is 0 Å². The van der Waals surface area contributed by atoms with Crippen molar-refractivity contribution in [3.8, 4) is 90.9 Å². The van der Waals surface area contributed by atoms with Crippen molar-refractivity contribution < 1.29 is 87.7 Å². The predicted molar refractivity (Wildman–Crippen MR) is 604 cm³/mol. The third-order valence-corrected chi connectivity index (χ3v) is 24.6. The molecule has 0 unspecified atom stereocenters. The zero-order valence-electron chi connectivity index (χ0n) is 139. The van der Waals surface area contributed by atoms with E-state index in [1.54, 1.807) is 0 Å². The minimum absolute atomic E-state index is 0.0184. The lowest BCUT2D eigenvalue weighted by atomic mass is 9.99. The van der Waals surface area contributed by atoms with Crippen molar-refractivity contribution in [2.75, 3.05) is 0 Å². The van der Waals surface area contributed by atoms with E-state index < -0.39 is 558 Å². The van der Waals surface area contributed by atoms with Gasteiger partial charge in [-0.15, -0.1) is 0 Å². The van der Waals surface area contributed by atoms with Crippen molar-refractivity contribution in [2.45, 2.75) is 20.8 Å². The zero-order valence-corrected chi connectivity index (χ0v) is 74.5. The predicted octanol–water partition coefficient (Wildman–Crippen LogP) is 33.9. The number of nitrogens with zero attached hydrogens (tertiary/aromatic N) is 12. The molecule has 0 atom stereocenters. The van der Waals surface area contributed by atoms with Crippen molar-refractivity contribution in [3.05, 3.63) is 494 Å². The number of rotatable bonds is 11. The first-order valence-electron chi connectivity index (χ1n) is 76.2. The summed E-state index contributed by atoms with van der Waals surface area (Å²) in [5.74, 6) is -1.70. The lowest BCUT2D eigenvalue weighted by molar-refractivity contribution is 1.01. The molecule has 0 aliphatic rings. The van der Waals surface area contributed by atoms with Crippen LogP contribution in [0, 0.1) is 20.8 Å². The van der Waals surface area contributed by atoms with Gasteiger partial charge in [-0.3, -0.25) is 13.7 Å². The first-order chi connectivity index (χ1) is 98.3. The molecular formula is C133H88N12. The molecule has 0 saturated heterocycles. The lowest BCUT2D eigenvalue weighted by Crippen LogP contribution is -2.03. The molecule has 145 heavy (non-hydrogen) atoms. The zero-order chi connectivity index (χ0) is 152. The Kier molecular flexibility index (Phi) is 9.78. The highest BCUT2D eigenvalue weighted by atomic mass is 15.2. The average Bonchev–Trinajstić information content (AvgIpc) is 1.51. The summed E-state index contributed by atoms with van der Waals surface area (Å²) in [4.78, 5) is 28.4. The van der Waals surface area contributed by atoms with Crippen molar-refractivity contribution in [2.24, 2.45) is 0 Å². The van der Waals surface area contributed by atoms with E-state index in [4.69, 9.17) is 70.3 Å². The number of hydrogen-bond donors (Lipinski definition) is 0. The number of benzene rings is 21. The maximum absolute atomic E-state index is 9.86. The van der Waals surface area contributed by atoms with Gasteiger partial charge in [-0.1, -0.05) is 355 Å². The number of fused-ring (bicyclic) bond motifs is 25. The first-order valence-corrected chi connectivity index (χ1v) is 44.2. The summed E-state index contributed by atoms with van der Waals surface area (Å²) in [6.07, 6.45) is 0. The highest BCUT2D eigenvalue weighted by Crippen LogP contribution is 2.49. The van der Waals surface area contributed by atoms with Gasteiger partial charge in [0.15, 0.2) is 0 Å². The maximum atomic E-state index is 9.86. The summed E-state index contributed by atoms with van der Waals surface area (Å²) < 4.78 is 579. The van der Waals surface area contributed by atoms with Gasteiger partial charge in [0.2, 0.25) is 17.8 Å². The quantitative estimate of drug-likeness (QED) is 0.128. The lowest BCUT2D eigenvalue weighted by Gasteiger charge is -2.13. The van der Waals surface area contributed by atoms with E-state index in [9.17, 15) is 27.4 Å². The minimum atomic E-state index is -0.984. The van der Waals surface area contributed by atoms with Crippen LogP contribution in [0.4, 0.5) is 0 Å². The van der Waals surface area contributed by atoms with Crippen LogP contribution in [0.25, 0.3) is 265 Å². The monoisotopic (exact) mass is 1920 g/mol. The molecule has 12 nitrogen and oxygen atoms in total. The highest BCUT2D eigenvalue weighted by molar-refractivity contribution is 6.32. The van der Waals surface area contributed by atoms with E-state index in [-0.39, 0.29) is 66.3 Å². The van der Waals surface area contributed by atoms with E-state index in [1.807, 2.05) is 91.0 Å². The van der Waals surface area contributed by atoms with E-state index in [1.165, 1.54) is 25.3 Å². The molecule has 9 aromatic heterocycles. The van der Waals surface area contributed by atoms with Crippen molar-refractivity contribution in [1.29, 1.82) is 0 Å². The van der Waals surface area contributed by atoms with Gasteiger partial charge in [0.1, 0.15) is 0 Å². The van der Waals surface area contributed by atoms with Crippen LogP contribution in [0.2, 0.25) is 0 Å². The van der Waals surface area contributed by atoms with Crippen molar-refractivity contribution in [3.63, 3.8) is 0 Å². The van der Waals surface area contributed by atoms with E-state index in [0.29, 0.717) is 22.2 Å². The average molecular weight is 1920 g/mol. The summed E-state index contributed by atoms with van der Waals surface area (Å²) >= 11 is 0. The Morgan fingerprint density at radius 1 is 0.172 bits per heavy atom. The van der Waals surface area contributed by atoms with Gasteiger partial charge in [-0.05, 0) is 193 Å². The Bertz CT molecular complexity index is 14600. The number of para-hydroxylation sites is 10. The Labute approximate surface area is 923 Å². The van der Waals surface area contributed by atoms with E-state index >= 15 is 0 Å². The fourth-order valence-electron chi connectivity index (χ4n) is 18.3. The minimum Gasteiger partial charge on any atom is -0.309 e. The molecule has 0 N–H and O–H groups in total. The molecule has 21 aromatic carbocycles. The van der Waals surface area contributed by atoms with Crippen LogP contribution >= 0.6 is 0 Å². The molecular weight excluding hydrogens is 1770 g/mol. The topological polar surface area (TPSA) is 107 Å². The second kappa shape index (κ2) is 34.1. The fraction of sp³-hybridized carbons (Fsp3) is 0.0226. The van der Waals surface area contributed by atoms with Crippen molar-refractivity contribution >= 4 is 174 Å². The molecule has 0 saturated carbocycles. The Morgan fingerprint density at radius 3 is 0.862 bits per heavy atom.